The van der Waals surface area contributed by atoms with Crippen LogP contribution in [0.25, 0.3) is 5.13 Å². The molecule has 0 amide bonds. The van der Waals surface area contributed by atoms with Gasteiger partial charge in [-0.2, -0.15) is 10.5 Å². The molecule has 2 heterocycles. The Morgan fingerprint density at radius 1 is 1.40 bits per heavy atom. The Kier molecular flexibility index (Phi) is 2.50. The first-order valence-corrected chi connectivity index (χ1v) is 5.42. The van der Waals surface area contributed by atoms with Gasteiger partial charge in [0.05, 0.1) is 0 Å². The number of thiazole rings is 1. The number of rotatable bonds is 1. The molecular weight excluding hydrogens is 278 g/mol. The Bertz CT molecular complexity index is 585. The van der Waals surface area contributed by atoms with E-state index in [1.54, 1.807) is 5.38 Å². The van der Waals surface area contributed by atoms with Gasteiger partial charge in [-0.15, -0.1) is 11.3 Å². The van der Waals surface area contributed by atoms with Gasteiger partial charge < -0.3 is 0 Å². The molecule has 0 atom stereocenters. The first-order valence-electron chi connectivity index (χ1n) is 3.75. The van der Waals surface area contributed by atoms with Crippen molar-refractivity contribution < 1.29 is 0 Å². The van der Waals surface area contributed by atoms with E-state index in [1.807, 2.05) is 12.1 Å². The van der Waals surface area contributed by atoms with Crippen LogP contribution < -0.4 is 0 Å². The van der Waals surface area contributed by atoms with Gasteiger partial charge in [-0.05, 0) is 15.9 Å². The van der Waals surface area contributed by atoms with Gasteiger partial charge in [0, 0.05) is 5.38 Å². The highest BCUT2D eigenvalue weighted by atomic mass is 79.9. The number of nitriles is 2. The summed E-state index contributed by atoms with van der Waals surface area (Å²) in [5.41, 5.74) is 0.322. The van der Waals surface area contributed by atoms with Crippen LogP contribution in [0.15, 0.2) is 16.3 Å². The Labute approximate surface area is 97.4 Å². The van der Waals surface area contributed by atoms with Crippen molar-refractivity contribution in [2.75, 3.05) is 0 Å². The fourth-order valence-corrected chi connectivity index (χ4v) is 2.26. The summed E-state index contributed by atoms with van der Waals surface area (Å²) in [5.74, 6) is 0. The summed E-state index contributed by atoms with van der Waals surface area (Å²) < 4.78 is 2.19. The number of hydrogen-bond donors (Lipinski definition) is 0. The van der Waals surface area contributed by atoms with Gasteiger partial charge in [0.2, 0.25) is 0 Å². The van der Waals surface area contributed by atoms with E-state index in [9.17, 15) is 0 Å². The minimum Gasteiger partial charge on any atom is -0.264 e. The fraction of sp³-hybridized carbons (Fsp3) is 0. The Hall–Kier alpha value is -1.70. The third-order valence-corrected chi connectivity index (χ3v) is 3.20. The lowest BCUT2D eigenvalue weighted by Gasteiger charge is -1.95. The Morgan fingerprint density at radius 2 is 2.20 bits per heavy atom. The third kappa shape index (κ3) is 1.63. The van der Waals surface area contributed by atoms with Crippen LogP contribution >= 0.6 is 27.3 Å². The van der Waals surface area contributed by atoms with Gasteiger partial charge in [-0.1, -0.05) is 0 Å². The highest BCUT2D eigenvalue weighted by Crippen LogP contribution is 2.21. The lowest BCUT2D eigenvalue weighted by molar-refractivity contribution is 1.01. The summed E-state index contributed by atoms with van der Waals surface area (Å²) in [5, 5.41) is 20.0. The van der Waals surface area contributed by atoms with E-state index in [4.69, 9.17) is 10.5 Å². The van der Waals surface area contributed by atoms with E-state index >= 15 is 0 Å². The summed E-state index contributed by atoms with van der Waals surface area (Å²) in [6, 6.07) is 3.79. The second-order valence-electron chi connectivity index (χ2n) is 2.49. The van der Waals surface area contributed by atoms with Gasteiger partial charge >= 0.3 is 0 Å². The molecule has 0 unspecified atom stereocenters. The summed E-state index contributed by atoms with van der Waals surface area (Å²) in [4.78, 5) is 7.96. The number of hydrogen-bond acceptors (Lipinski definition) is 5. The number of aromatic nitrogens is 3. The summed E-state index contributed by atoms with van der Waals surface area (Å²) in [6.45, 7) is 0. The molecule has 7 heteroatoms. The third-order valence-electron chi connectivity index (χ3n) is 1.65. The average molecular weight is 280 g/mol. The van der Waals surface area contributed by atoms with E-state index in [2.05, 4.69) is 25.9 Å². The van der Waals surface area contributed by atoms with Crippen molar-refractivity contribution in [3.05, 3.63) is 27.7 Å². The maximum atomic E-state index is 8.89. The number of nitrogens with zero attached hydrogens (tertiary/aromatic N) is 5. The smallest absolute Gasteiger partial charge is 0.196 e. The molecule has 0 aromatic carbocycles. The van der Waals surface area contributed by atoms with Crippen LogP contribution in [0.5, 0.6) is 0 Å². The van der Waals surface area contributed by atoms with Crippen LogP contribution in [0, 0.1) is 22.7 Å². The lowest BCUT2D eigenvalue weighted by Crippen LogP contribution is -1.95. The largest absolute Gasteiger partial charge is 0.264 e. The van der Waals surface area contributed by atoms with Crippen molar-refractivity contribution in [1.29, 1.82) is 10.5 Å². The number of halogens is 1. The predicted octanol–water partition coefficient (Wildman–Crippen LogP) is 1.83. The van der Waals surface area contributed by atoms with Crippen molar-refractivity contribution in [2.24, 2.45) is 0 Å². The molecule has 2 aromatic rings. The highest BCUT2D eigenvalue weighted by molar-refractivity contribution is 9.10. The molecule has 0 aliphatic rings. The SMILES string of the molecule is N#Cc1ncn(-c2nc(Br)cs2)c1C#N. The molecule has 0 radical (unpaired) electrons. The first-order chi connectivity index (χ1) is 7.26. The molecule has 15 heavy (non-hydrogen) atoms. The van der Waals surface area contributed by atoms with E-state index in [0.717, 1.165) is 0 Å². The molecule has 0 fully saturated rings. The van der Waals surface area contributed by atoms with Gasteiger partial charge in [0.25, 0.3) is 0 Å². The van der Waals surface area contributed by atoms with E-state index < -0.39 is 0 Å². The summed E-state index contributed by atoms with van der Waals surface area (Å²) >= 11 is 4.58. The van der Waals surface area contributed by atoms with Crippen molar-refractivity contribution in [2.45, 2.75) is 0 Å². The fourth-order valence-electron chi connectivity index (χ4n) is 1.04. The Morgan fingerprint density at radius 3 is 2.73 bits per heavy atom. The van der Waals surface area contributed by atoms with Crippen molar-refractivity contribution in [3.8, 4) is 17.3 Å². The number of imidazole rings is 1. The van der Waals surface area contributed by atoms with E-state index in [-0.39, 0.29) is 11.4 Å². The normalized spacial score (nSPS) is 9.53. The van der Waals surface area contributed by atoms with Crippen LogP contribution in [-0.4, -0.2) is 14.5 Å². The second kappa shape index (κ2) is 3.81. The zero-order valence-corrected chi connectivity index (χ0v) is 9.58. The monoisotopic (exact) mass is 279 g/mol. The van der Waals surface area contributed by atoms with Gasteiger partial charge in [0.1, 0.15) is 23.1 Å². The molecule has 0 N–H and O–H groups in total. The van der Waals surface area contributed by atoms with E-state index in [1.165, 1.54) is 22.2 Å². The minimum absolute atomic E-state index is 0.115. The summed E-state index contributed by atoms with van der Waals surface area (Å²) in [7, 11) is 0. The molecule has 0 aliphatic carbocycles. The molecule has 0 spiro atoms. The van der Waals surface area contributed by atoms with Crippen LogP contribution in [0.4, 0.5) is 0 Å². The van der Waals surface area contributed by atoms with Gasteiger partial charge in [-0.3, -0.25) is 4.57 Å². The zero-order chi connectivity index (χ0) is 10.8. The standard InChI is InChI=1S/C8H2BrN5S/c9-7-3-15-8(13-7)14-4-12-5(1-10)6(14)2-11/h3-4H. The highest BCUT2D eigenvalue weighted by Gasteiger charge is 2.13. The Balaban J connectivity index is 2.61. The molecule has 0 aliphatic heterocycles. The summed E-state index contributed by atoms with van der Waals surface area (Å²) in [6.07, 6.45) is 1.42. The van der Waals surface area contributed by atoms with Crippen molar-refractivity contribution >= 4 is 27.3 Å². The average Bonchev–Trinajstić information content (AvgIpc) is 2.82. The van der Waals surface area contributed by atoms with Crippen LogP contribution in [0.2, 0.25) is 0 Å². The molecule has 0 saturated heterocycles. The predicted molar refractivity (Wildman–Crippen MR) is 56.4 cm³/mol. The second-order valence-corrected chi connectivity index (χ2v) is 4.14. The van der Waals surface area contributed by atoms with Crippen molar-refractivity contribution in [1.82, 2.24) is 14.5 Å². The minimum atomic E-state index is 0.115. The molecule has 2 aromatic heterocycles. The van der Waals surface area contributed by atoms with Crippen LogP contribution in [0.1, 0.15) is 11.4 Å². The molecule has 2 rings (SSSR count). The van der Waals surface area contributed by atoms with Crippen molar-refractivity contribution in [3.63, 3.8) is 0 Å². The first kappa shape index (κ1) is 9.84. The zero-order valence-electron chi connectivity index (χ0n) is 7.18. The maximum Gasteiger partial charge on any atom is 0.196 e. The van der Waals surface area contributed by atoms with E-state index in [0.29, 0.717) is 9.73 Å². The molecule has 5 nitrogen and oxygen atoms in total. The van der Waals surface area contributed by atoms with Crippen LogP contribution in [0.3, 0.4) is 0 Å². The molecule has 0 saturated carbocycles. The molecule has 0 bridgehead atoms. The topological polar surface area (TPSA) is 78.3 Å². The van der Waals surface area contributed by atoms with Gasteiger partial charge in [-0.25, -0.2) is 9.97 Å². The lowest BCUT2D eigenvalue weighted by atomic mass is 10.4. The maximum absolute atomic E-state index is 8.89. The van der Waals surface area contributed by atoms with Gasteiger partial charge in [0.15, 0.2) is 16.5 Å². The van der Waals surface area contributed by atoms with Crippen LogP contribution in [-0.2, 0) is 0 Å². The quantitative estimate of drug-likeness (QED) is 0.798. The molecule has 72 valence electrons. The molecular formula is C8H2BrN5S.